The van der Waals surface area contributed by atoms with Gasteiger partial charge in [-0.3, -0.25) is 0 Å². The van der Waals surface area contributed by atoms with Gasteiger partial charge in [0.15, 0.2) is 0 Å². The third-order valence-electron chi connectivity index (χ3n) is 3.19. The summed E-state index contributed by atoms with van der Waals surface area (Å²) in [7, 11) is 0. The lowest BCUT2D eigenvalue weighted by Crippen LogP contribution is -2.36. The average molecular weight is 240 g/mol. The Bertz CT molecular complexity index is 367. The highest BCUT2D eigenvalue weighted by Crippen LogP contribution is 2.27. The van der Waals surface area contributed by atoms with Crippen molar-refractivity contribution in [2.24, 2.45) is 0 Å². The molecule has 2 nitrogen and oxygen atoms in total. The second kappa shape index (κ2) is 5.07. The number of benzene rings is 1. The molecule has 1 aromatic rings. The molecule has 0 amide bonds. The van der Waals surface area contributed by atoms with Gasteiger partial charge in [0.25, 0.3) is 0 Å². The van der Waals surface area contributed by atoms with Crippen LogP contribution in [-0.2, 0) is 0 Å². The van der Waals surface area contributed by atoms with Crippen molar-refractivity contribution in [2.75, 3.05) is 5.32 Å². The summed E-state index contributed by atoms with van der Waals surface area (Å²) >= 11 is 6.15. The monoisotopic (exact) mass is 239 g/mol. The zero-order valence-corrected chi connectivity index (χ0v) is 10.3. The number of anilines is 1. The van der Waals surface area contributed by atoms with Crippen LogP contribution < -0.4 is 5.32 Å². The maximum absolute atomic E-state index is 9.87. The van der Waals surface area contributed by atoms with Gasteiger partial charge >= 0.3 is 0 Å². The predicted molar refractivity (Wildman–Crippen MR) is 68.1 cm³/mol. The van der Waals surface area contributed by atoms with Crippen molar-refractivity contribution in [1.29, 1.82) is 0 Å². The quantitative estimate of drug-likeness (QED) is 0.830. The Labute approximate surface area is 102 Å². The molecule has 1 aliphatic carbocycles. The van der Waals surface area contributed by atoms with Crippen LogP contribution >= 0.6 is 11.6 Å². The Morgan fingerprint density at radius 2 is 2.06 bits per heavy atom. The topological polar surface area (TPSA) is 32.3 Å². The number of rotatable bonds is 2. The SMILES string of the molecule is Cc1ccc(N[C@H]2CCCC[C@@H]2O)c(Cl)c1. The summed E-state index contributed by atoms with van der Waals surface area (Å²) in [5.41, 5.74) is 2.08. The smallest absolute Gasteiger partial charge is 0.0741 e. The van der Waals surface area contributed by atoms with E-state index in [1.165, 1.54) is 6.42 Å². The molecule has 2 atom stereocenters. The molecule has 0 heterocycles. The maximum atomic E-state index is 9.87. The molecule has 0 radical (unpaired) electrons. The van der Waals surface area contributed by atoms with Crippen LogP contribution in [0.5, 0.6) is 0 Å². The van der Waals surface area contributed by atoms with Crippen molar-refractivity contribution >= 4 is 17.3 Å². The van der Waals surface area contributed by atoms with Crippen LogP contribution in [0.2, 0.25) is 5.02 Å². The summed E-state index contributed by atoms with van der Waals surface area (Å²) < 4.78 is 0. The maximum Gasteiger partial charge on any atom is 0.0741 e. The minimum Gasteiger partial charge on any atom is -0.391 e. The van der Waals surface area contributed by atoms with Crippen LogP contribution in [0.3, 0.4) is 0 Å². The molecule has 0 saturated heterocycles. The highest BCUT2D eigenvalue weighted by atomic mass is 35.5. The van der Waals surface area contributed by atoms with E-state index in [1.54, 1.807) is 0 Å². The molecule has 1 aliphatic rings. The zero-order valence-electron chi connectivity index (χ0n) is 9.54. The lowest BCUT2D eigenvalue weighted by Gasteiger charge is -2.29. The van der Waals surface area contributed by atoms with Crippen LogP contribution in [0.1, 0.15) is 31.2 Å². The Balaban J connectivity index is 2.07. The fraction of sp³-hybridized carbons (Fsp3) is 0.538. The van der Waals surface area contributed by atoms with E-state index in [9.17, 15) is 5.11 Å². The minimum atomic E-state index is -0.244. The fourth-order valence-corrected chi connectivity index (χ4v) is 2.51. The van der Waals surface area contributed by atoms with Gasteiger partial charge in [-0.1, -0.05) is 30.5 Å². The first kappa shape index (κ1) is 11.7. The summed E-state index contributed by atoms with van der Waals surface area (Å²) in [4.78, 5) is 0. The van der Waals surface area contributed by atoms with E-state index in [0.717, 1.165) is 35.5 Å². The molecule has 2 N–H and O–H groups in total. The molecule has 0 spiro atoms. The van der Waals surface area contributed by atoms with E-state index >= 15 is 0 Å². The Morgan fingerprint density at radius 1 is 1.31 bits per heavy atom. The van der Waals surface area contributed by atoms with E-state index in [4.69, 9.17) is 11.6 Å². The van der Waals surface area contributed by atoms with Gasteiger partial charge in [-0.05, 0) is 37.5 Å². The van der Waals surface area contributed by atoms with E-state index in [1.807, 2.05) is 25.1 Å². The Morgan fingerprint density at radius 3 is 2.75 bits per heavy atom. The van der Waals surface area contributed by atoms with Gasteiger partial charge in [0, 0.05) is 0 Å². The van der Waals surface area contributed by atoms with Gasteiger partial charge in [0.2, 0.25) is 0 Å². The van der Waals surface area contributed by atoms with Gasteiger partial charge in [-0.15, -0.1) is 0 Å². The fourth-order valence-electron chi connectivity index (χ4n) is 2.22. The predicted octanol–water partition coefficient (Wildman–Crippen LogP) is 3.36. The zero-order chi connectivity index (χ0) is 11.5. The van der Waals surface area contributed by atoms with E-state index < -0.39 is 0 Å². The van der Waals surface area contributed by atoms with Crippen molar-refractivity contribution in [1.82, 2.24) is 0 Å². The second-order valence-electron chi connectivity index (χ2n) is 4.59. The molecule has 2 rings (SSSR count). The van der Waals surface area contributed by atoms with Gasteiger partial charge in [-0.2, -0.15) is 0 Å². The van der Waals surface area contributed by atoms with Crippen LogP contribution in [0.15, 0.2) is 18.2 Å². The molecule has 0 aliphatic heterocycles. The summed E-state index contributed by atoms with van der Waals surface area (Å²) in [6, 6.07) is 6.11. The molecule has 3 heteroatoms. The Hall–Kier alpha value is -0.730. The third kappa shape index (κ3) is 2.69. The van der Waals surface area contributed by atoms with Crippen molar-refractivity contribution in [3.8, 4) is 0 Å². The number of aliphatic hydroxyl groups excluding tert-OH is 1. The summed E-state index contributed by atoms with van der Waals surface area (Å²) in [6.07, 6.45) is 3.97. The number of hydrogen-bond acceptors (Lipinski definition) is 2. The normalized spacial score (nSPS) is 25.4. The molecule has 88 valence electrons. The molecular formula is C13H18ClNO. The summed E-state index contributed by atoms with van der Waals surface area (Å²) in [5.74, 6) is 0. The van der Waals surface area contributed by atoms with Crippen LogP contribution in [0.4, 0.5) is 5.69 Å². The molecule has 1 aromatic carbocycles. The number of hydrogen-bond donors (Lipinski definition) is 2. The average Bonchev–Trinajstić information content (AvgIpc) is 2.25. The number of nitrogens with one attached hydrogen (secondary N) is 1. The van der Waals surface area contributed by atoms with Crippen LogP contribution in [-0.4, -0.2) is 17.3 Å². The van der Waals surface area contributed by atoms with Gasteiger partial charge in [-0.25, -0.2) is 0 Å². The van der Waals surface area contributed by atoms with Crippen LogP contribution in [0.25, 0.3) is 0 Å². The van der Waals surface area contributed by atoms with Crippen LogP contribution in [0, 0.1) is 6.92 Å². The number of aliphatic hydroxyl groups is 1. The molecule has 0 unspecified atom stereocenters. The highest BCUT2D eigenvalue weighted by molar-refractivity contribution is 6.33. The Kier molecular flexibility index (Phi) is 3.72. The lowest BCUT2D eigenvalue weighted by molar-refractivity contribution is 0.116. The van der Waals surface area contributed by atoms with E-state index in [0.29, 0.717) is 0 Å². The standard InChI is InChI=1S/C13H18ClNO/c1-9-6-7-11(10(14)8-9)15-12-4-2-3-5-13(12)16/h6-8,12-13,15-16H,2-5H2,1H3/t12-,13-/m0/s1. The molecule has 0 aromatic heterocycles. The van der Waals surface area contributed by atoms with Gasteiger partial charge in [0.05, 0.1) is 22.9 Å². The molecule has 16 heavy (non-hydrogen) atoms. The van der Waals surface area contributed by atoms with E-state index in [-0.39, 0.29) is 12.1 Å². The first-order valence-electron chi connectivity index (χ1n) is 5.87. The molecular weight excluding hydrogens is 222 g/mol. The van der Waals surface area contributed by atoms with Crippen molar-refractivity contribution in [3.05, 3.63) is 28.8 Å². The lowest BCUT2D eigenvalue weighted by atomic mass is 9.92. The third-order valence-corrected chi connectivity index (χ3v) is 3.51. The largest absolute Gasteiger partial charge is 0.391 e. The summed E-state index contributed by atoms with van der Waals surface area (Å²) in [6.45, 7) is 2.02. The van der Waals surface area contributed by atoms with Gasteiger partial charge < -0.3 is 10.4 Å². The molecule has 1 saturated carbocycles. The minimum absolute atomic E-state index is 0.147. The van der Waals surface area contributed by atoms with E-state index in [2.05, 4.69) is 5.32 Å². The number of aryl methyl sites for hydroxylation is 1. The highest BCUT2D eigenvalue weighted by Gasteiger charge is 2.23. The summed E-state index contributed by atoms with van der Waals surface area (Å²) in [5, 5.41) is 13.9. The first-order chi connectivity index (χ1) is 7.66. The molecule has 1 fully saturated rings. The molecule has 0 bridgehead atoms. The van der Waals surface area contributed by atoms with Gasteiger partial charge in [0.1, 0.15) is 0 Å². The van der Waals surface area contributed by atoms with Crippen molar-refractivity contribution < 1.29 is 5.11 Å². The second-order valence-corrected chi connectivity index (χ2v) is 4.99. The first-order valence-corrected chi connectivity index (χ1v) is 6.25. The number of halogens is 1. The van der Waals surface area contributed by atoms with Crippen molar-refractivity contribution in [2.45, 2.75) is 44.8 Å². The van der Waals surface area contributed by atoms with Crippen molar-refractivity contribution in [3.63, 3.8) is 0 Å².